The summed E-state index contributed by atoms with van der Waals surface area (Å²) in [6, 6.07) is 1.55. The maximum absolute atomic E-state index is 11.7. The van der Waals surface area contributed by atoms with Crippen molar-refractivity contribution >= 4 is 11.9 Å². The number of rotatable bonds is 3. The fraction of sp³-hybridized carbons (Fsp3) is 0.182. The maximum Gasteiger partial charge on any atom is 0.356 e. The number of carbonyl (C=O) groups excluding carboxylic acids is 1. The van der Waals surface area contributed by atoms with E-state index in [4.69, 9.17) is 5.11 Å². The van der Waals surface area contributed by atoms with Crippen LogP contribution >= 0.6 is 0 Å². The van der Waals surface area contributed by atoms with E-state index in [9.17, 15) is 9.59 Å². The third-order valence-electron chi connectivity index (χ3n) is 2.31. The van der Waals surface area contributed by atoms with Gasteiger partial charge >= 0.3 is 5.97 Å². The first kappa shape index (κ1) is 12.7. The van der Waals surface area contributed by atoms with Crippen LogP contribution in [0.5, 0.6) is 0 Å². The average Bonchev–Trinajstić information content (AvgIpc) is 2.87. The number of amides is 1. The van der Waals surface area contributed by atoms with Gasteiger partial charge in [0.1, 0.15) is 0 Å². The Bertz CT molecular complexity index is 618. The lowest BCUT2D eigenvalue weighted by molar-refractivity contribution is 0.0689. The molecule has 1 N–H and O–H groups in total. The van der Waals surface area contributed by atoms with Gasteiger partial charge in [0.15, 0.2) is 17.2 Å². The molecule has 0 radical (unpaired) electrons. The molecule has 8 nitrogen and oxygen atoms in total. The molecule has 98 valence electrons. The number of carboxylic acid groups (broad SMARTS) is 1. The average molecular weight is 261 g/mol. The van der Waals surface area contributed by atoms with E-state index in [1.54, 1.807) is 26.4 Å². The molecule has 2 aromatic rings. The molecular formula is C11H11N5O3. The monoisotopic (exact) mass is 261 g/mol. The minimum atomic E-state index is -1.15. The zero-order valence-electron chi connectivity index (χ0n) is 10.3. The minimum Gasteiger partial charge on any atom is -0.476 e. The molecule has 0 aliphatic heterocycles. The third-order valence-corrected chi connectivity index (χ3v) is 2.31. The van der Waals surface area contributed by atoms with Crippen LogP contribution in [-0.2, 0) is 0 Å². The highest BCUT2D eigenvalue weighted by Gasteiger charge is 2.13. The molecule has 0 spiro atoms. The Morgan fingerprint density at radius 3 is 2.47 bits per heavy atom. The van der Waals surface area contributed by atoms with Gasteiger partial charge in [0.2, 0.25) is 0 Å². The fourth-order valence-electron chi connectivity index (χ4n) is 1.34. The summed E-state index contributed by atoms with van der Waals surface area (Å²) in [7, 11) is 3.26. The van der Waals surface area contributed by atoms with Crippen LogP contribution < -0.4 is 0 Å². The third kappa shape index (κ3) is 2.57. The first-order chi connectivity index (χ1) is 8.99. The van der Waals surface area contributed by atoms with Gasteiger partial charge in [0, 0.05) is 20.3 Å². The van der Waals surface area contributed by atoms with Crippen LogP contribution in [0.25, 0.3) is 5.82 Å². The molecule has 8 heteroatoms. The Hall–Kier alpha value is -2.77. The molecule has 2 aromatic heterocycles. The predicted molar refractivity (Wildman–Crippen MR) is 64.1 cm³/mol. The SMILES string of the molecule is CN(C)C(=O)c1ccn(-c2cnc(C(=O)O)cn2)n1. The van der Waals surface area contributed by atoms with Crippen LogP contribution in [0.1, 0.15) is 21.0 Å². The molecule has 0 unspecified atom stereocenters. The molecule has 0 fully saturated rings. The molecule has 0 saturated carbocycles. The molecule has 0 aliphatic rings. The van der Waals surface area contributed by atoms with Crippen molar-refractivity contribution < 1.29 is 14.7 Å². The molecule has 0 saturated heterocycles. The number of aromatic carboxylic acids is 1. The molecule has 0 aliphatic carbocycles. The second-order valence-electron chi connectivity index (χ2n) is 3.91. The van der Waals surface area contributed by atoms with Crippen LogP contribution in [0.4, 0.5) is 0 Å². The summed E-state index contributed by atoms with van der Waals surface area (Å²) in [5.41, 5.74) is 0.120. The van der Waals surface area contributed by atoms with Crippen molar-refractivity contribution in [2.24, 2.45) is 0 Å². The van der Waals surface area contributed by atoms with Crippen LogP contribution in [0.3, 0.4) is 0 Å². The van der Waals surface area contributed by atoms with Crippen molar-refractivity contribution in [3.63, 3.8) is 0 Å². The Morgan fingerprint density at radius 1 is 1.21 bits per heavy atom. The largest absolute Gasteiger partial charge is 0.476 e. The highest BCUT2D eigenvalue weighted by molar-refractivity contribution is 5.91. The number of hydrogen-bond acceptors (Lipinski definition) is 5. The van der Waals surface area contributed by atoms with Crippen LogP contribution in [0.2, 0.25) is 0 Å². The van der Waals surface area contributed by atoms with Gasteiger partial charge in [0.25, 0.3) is 5.91 Å². The van der Waals surface area contributed by atoms with E-state index in [-0.39, 0.29) is 17.3 Å². The van der Waals surface area contributed by atoms with Crippen molar-refractivity contribution in [3.05, 3.63) is 36.0 Å². The van der Waals surface area contributed by atoms with Gasteiger partial charge in [-0.3, -0.25) is 4.79 Å². The van der Waals surface area contributed by atoms with E-state index in [2.05, 4.69) is 15.1 Å². The van der Waals surface area contributed by atoms with Crippen molar-refractivity contribution in [3.8, 4) is 5.82 Å². The molecule has 1 amide bonds. The summed E-state index contributed by atoms with van der Waals surface area (Å²) < 4.78 is 1.36. The summed E-state index contributed by atoms with van der Waals surface area (Å²) in [5, 5.41) is 12.8. The summed E-state index contributed by atoms with van der Waals surface area (Å²) in [5.74, 6) is -1.04. The standard InChI is InChI=1S/C11H11N5O3/c1-15(2)10(17)7-3-4-16(14-7)9-6-12-8(5-13-9)11(18)19/h3-6H,1-2H3,(H,18,19). The van der Waals surface area contributed by atoms with Gasteiger partial charge in [-0.15, -0.1) is 0 Å². The molecule has 0 aromatic carbocycles. The molecule has 0 bridgehead atoms. The Labute approximate surface area is 108 Å². The van der Waals surface area contributed by atoms with E-state index < -0.39 is 5.97 Å². The quantitative estimate of drug-likeness (QED) is 0.838. The van der Waals surface area contributed by atoms with E-state index in [0.717, 1.165) is 6.20 Å². The van der Waals surface area contributed by atoms with E-state index in [1.165, 1.54) is 15.8 Å². The number of aromatic nitrogens is 4. The molecule has 19 heavy (non-hydrogen) atoms. The van der Waals surface area contributed by atoms with Gasteiger partial charge in [0.05, 0.1) is 12.4 Å². The fourth-order valence-corrected chi connectivity index (χ4v) is 1.34. The van der Waals surface area contributed by atoms with E-state index in [0.29, 0.717) is 5.82 Å². The summed E-state index contributed by atoms with van der Waals surface area (Å²) in [6.45, 7) is 0. The first-order valence-corrected chi connectivity index (χ1v) is 5.32. The number of carboxylic acids is 1. The summed E-state index contributed by atoms with van der Waals surface area (Å²) in [4.78, 5) is 31.4. The maximum atomic E-state index is 11.7. The molecule has 0 atom stereocenters. The highest BCUT2D eigenvalue weighted by Crippen LogP contribution is 2.05. The van der Waals surface area contributed by atoms with Crippen LogP contribution in [0.15, 0.2) is 24.7 Å². The Balaban J connectivity index is 2.28. The van der Waals surface area contributed by atoms with E-state index in [1.807, 2.05) is 0 Å². The zero-order chi connectivity index (χ0) is 14.0. The highest BCUT2D eigenvalue weighted by atomic mass is 16.4. The number of hydrogen-bond donors (Lipinski definition) is 1. The van der Waals surface area contributed by atoms with Gasteiger partial charge in [-0.25, -0.2) is 19.4 Å². The van der Waals surface area contributed by atoms with Gasteiger partial charge in [-0.1, -0.05) is 0 Å². The summed E-state index contributed by atoms with van der Waals surface area (Å²) >= 11 is 0. The topological polar surface area (TPSA) is 101 Å². The van der Waals surface area contributed by atoms with Crippen molar-refractivity contribution in [1.29, 1.82) is 0 Å². The van der Waals surface area contributed by atoms with Crippen molar-refractivity contribution in [1.82, 2.24) is 24.6 Å². The lowest BCUT2D eigenvalue weighted by Crippen LogP contribution is -2.22. The number of nitrogens with zero attached hydrogens (tertiary/aromatic N) is 5. The Kier molecular flexibility index (Phi) is 3.23. The lowest BCUT2D eigenvalue weighted by Gasteiger charge is -2.06. The first-order valence-electron chi connectivity index (χ1n) is 5.32. The lowest BCUT2D eigenvalue weighted by atomic mass is 10.4. The van der Waals surface area contributed by atoms with Gasteiger partial charge in [-0.05, 0) is 6.07 Å². The molecular weight excluding hydrogens is 250 g/mol. The van der Waals surface area contributed by atoms with E-state index >= 15 is 0 Å². The minimum absolute atomic E-state index is 0.152. The van der Waals surface area contributed by atoms with Crippen LogP contribution in [0, 0.1) is 0 Å². The second kappa shape index (κ2) is 4.84. The van der Waals surface area contributed by atoms with Gasteiger partial charge < -0.3 is 10.0 Å². The van der Waals surface area contributed by atoms with Gasteiger partial charge in [-0.2, -0.15) is 5.10 Å². The number of carbonyl (C=O) groups is 2. The Morgan fingerprint density at radius 2 is 1.95 bits per heavy atom. The molecule has 2 rings (SSSR count). The smallest absolute Gasteiger partial charge is 0.356 e. The van der Waals surface area contributed by atoms with Crippen LogP contribution in [-0.4, -0.2) is 55.7 Å². The molecule has 2 heterocycles. The predicted octanol–water partition coefficient (Wildman–Crippen LogP) is 0.0623. The van der Waals surface area contributed by atoms with Crippen molar-refractivity contribution in [2.75, 3.05) is 14.1 Å². The summed E-state index contributed by atoms with van der Waals surface area (Å²) in [6.07, 6.45) is 3.97. The normalized spacial score (nSPS) is 10.2. The zero-order valence-corrected chi connectivity index (χ0v) is 10.3. The van der Waals surface area contributed by atoms with Crippen molar-refractivity contribution in [2.45, 2.75) is 0 Å². The second-order valence-corrected chi connectivity index (χ2v) is 3.91.